The minimum atomic E-state index is -0.160. The zero-order valence-corrected chi connectivity index (χ0v) is 18.8. The number of aromatic nitrogens is 4. The zero-order chi connectivity index (χ0) is 22.0. The summed E-state index contributed by atoms with van der Waals surface area (Å²) in [6, 6.07) is 5.81. The Bertz CT molecular complexity index is 1050. The van der Waals surface area contributed by atoms with Gasteiger partial charge in [-0.2, -0.15) is 5.10 Å². The van der Waals surface area contributed by atoms with Gasteiger partial charge in [0.25, 0.3) is 5.88 Å². The van der Waals surface area contributed by atoms with Gasteiger partial charge in [0.15, 0.2) is 5.65 Å². The number of rotatable bonds is 6. The molecule has 0 bridgehead atoms. The number of hydrogen-bond donors (Lipinski definition) is 0. The quantitative estimate of drug-likeness (QED) is 0.595. The van der Waals surface area contributed by atoms with E-state index in [-0.39, 0.29) is 17.4 Å². The van der Waals surface area contributed by atoms with E-state index in [1.807, 2.05) is 28.8 Å². The summed E-state index contributed by atoms with van der Waals surface area (Å²) in [5, 5.41) is 9.92. The summed E-state index contributed by atoms with van der Waals surface area (Å²) >= 11 is 0. The number of ether oxygens (including phenoxy) is 1. The van der Waals surface area contributed by atoms with Gasteiger partial charge in [-0.1, -0.05) is 0 Å². The molecular formula is C23H31N5O3. The molecule has 3 aromatic heterocycles. The van der Waals surface area contributed by atoms with Crippen molar-refractivity contribution in [2.24, 2.45) is 0 Å². The maximum Gasteiger partial charge on any atom is 0.254 e. The summed E-state index contributed by atoms with van der Waals surface area (Å²) in [5.41, 5.74) is 1.79. The van der Waals surface area contributed by atoms with Gasteiger partial charge >= 0.3 is 0 Å². The van der Waals surface area contributed by atoms with Crippen LogP contribution in [0, 0.1) is 0 Å². The third kappa shape index (κ3) is 4.57. The first-order valence-electron chi connectivity index (χ1n) is 11.1. The summed E-state index contributed by atoms with van der Waals surface area (Å²) in [6.45, 7) is 10.3. The number of likely N-dealkylation sites (tertiary alicyclic amines) is 1. The van der Waals surface area contributed by atoms with E-state index in [1.54, 1.807) is 6.07 Å². The highest BCUT2D eigenvalue weighted by molar-refractivity contribution is 5.80. The summed E-state index contributed by atoms with van der Waals surface area (Å²) in [4.78, 5) is 19.5. The maximum absolute atomic E-state index is 12.9. The van der Waals surface area contributed by atoms with Gasteiger partial charge in [-0.3, -0.25) is 4.79 Å². The van der Waals surface area contributed by atoms with E-state index >= 15 is 0 Å². The summed E-state index contributed by atoms with van der Waals surface area (Å²) in [6.07, 6.45) is 4.72. The highest BCUT2D eigenvalue weighted by Gasteiger charge is 2.30. The van der Waals surface area contributed by atoms with Crippen LogP contribution < -0.4 is 4.74 Å². The third-order valence-electron chi connectivity index (χ3n) is 5.68. The van der Waals surface area contributed by atoms with Crippen LogP contribution in [0.3, 0.4) is 0 Å². The highest BCUT2D eigenvalue weighted by Crippen LogP contribution is 2.33. The van der Waals surface area contributed by atoms with Crippen molar-refractivity contribution < 1.29 is 14.1 Å². The molecule has 0 radical (unpaired) electrons. The molecule has 4 rings (SSSR count). The first kappa shape index (κ1) is 21.3. The first-order chi connectivity index (χ1) is 14.9. The molecule has 0 spiro atoms. The average molecular weight is 426 g/mol. The number of carbonyl (C=O) groups excluding carboxylic acids is 1. The molecule has 0 saturated carbocycles. The van der Waals surface area contributed by atoms with Gasteiger partial charge in [0.2, 0.25) is 5.91 Å². The topological polar surface area (TPSA) is 86.3 Å². The van der Waals surface area contributed by atoms with Gasteiger partial charge in [0, 0.05) is 49.5 Å². The molecule has 1 saturated heterocycles. The van der Waals surface area contributed by atoms with Crippen molar-refractivity contribution >= 4 is 16.9 Å². The normalized spacial score (nSPS) is 17.3. The fourth-order valence-electron chi connectivity index (χ4n) is 4.19. The number of piperidine rings is 1. The molecule has 1 atom stereocenters. The Labute approximate surface area is 182 Å². The predicted octanol–water partition coefficient (Wildman–Crippen LogP) is 3.91. The molecule has 1 fully saturated rings. The zero-order valence-electron chi connectivity index (χ0n) is 18.8. The van der Waals surface area contributed by atoms with Crippen LogP contribution in [0.25, 0.3) is 11.0 Å². The molecule has 0 aromatic carbocycles. The van der Waals surface area contributed by atoms with Crippen LogP contribution in [0.15, 0.2) is 28.9 Å². The summed E-state index contributed by atoms with van der Waals surface area (Å²) in [5.74, 6) is 1.49. The lowest BCUT2D eigenvalue weighted by Crippen LogP contribution is -2.39. The Balaban J connectivity index is 1.46. The standard InChI is InChI=1S/C23H31N5O3/c1-5-30-19-14-17(31-26-19)10-11-20(29)27-13-7-8-16(15-27)21-18-9-6-12-24-22(18)28(25-21)23(2,3)4/h6,9,12,14,16H,5,7-8,10-11,13,15H2,1-4H3. The maximum atomic E-state index is 12.9. The molecule has 4 heterocycles. The van der Waals surface area contributed by atoms with Gasteiger partial charge < -0.3 is 14.2 Å². The van der Waals surface area contributed by atoms with Crippen molar-refractivity contribution in [3.05, 3.63) is 35.9 Å². The molecule has 3 aromatic rings. The number of hydrogen-bond acceptors (Lipinski definition) is 6. The van der Waals surface area contributed by atoms with Crippen LogP contribution in [0.5, 0.6) is 5.88 Å². The van der Waals surface area contributed by atoms with E-state index in [0.717, 1.165) is 36.1 Å². The summed E-state index contributed by atoms with van der Waals surface area (Å²) in [7, 11) is 0. The fraction of sp³-hybridized carbons (Fsp3) is 0.565. The van der Waals surface area contributed by atoms with E-state index < -0.39 is 0 Å². The van der Waals surface area contributed by atoms with Crippen LogP contribution in [-0.2, 0) is 16.8 Å². The van der Waals surface area contributed by atoms with Gasteiger partial charge in [0.05, 0.1) is 17.8 Å². The number of aryl methyl sites for hydroxylation is 1. The smallest absolute Gasteiger partial charge is 0.254 e. The molecule has 8 nitrogen and oxygen atoms in total. The van der Waals surface area contributed by atoms with Crippen molar-refractivity contribution in [2.45, 2.75) is 64.8 Å². The second-order valence-electron chi connectivity index (χ2n) is 9.09. The molecule has 1 aliphatic heterocycles. The van der Waals surface area contributed by atoms with Crippen molar-refractivity contribution in [2.75, 3.05) is 19.7 Å². The number of carbonyl (C=O) groups is 1. The second kappa shape index (κ2) is 8.69. The van der Waals surface area contributed by atoms with E-state index in [2.05, 4.69) is 37.0 Å². The molecular weight excluding hydrogens is 394 g/mol. The molecule has 1 unspecified atom stereocenters. The lowest BCUT2D eigenvalue weighted by Gasteiger charge is -2.32. The lowest BCUT2D eigenvalue weighted by atomic mass is 9.93. The van der Waals surface area contributed by atoms with E-state index in [0.29, 0.717) is 37.6 Å². The van der Waals surface area contributed by atoms with Gasteiger partial charge in [-0.05, 0) is 57.8 Å². The molecule has 166 valence electrons. The van der Waals surface area contributed by atoms with Crippen LogP contribution >= 0.6 is 0 Å². The molecule has 1 amide bonds. The van der Waals surface area contributed by atoms with Crippen molar-refractivity contribution in [1.29, 1.82) is 0 Å². The molecule has 8 heteroatoms. The highest BCUT2D eigenvalue weighted by atomic mass is 16.5. The Morgan fingerprint density at radius 3 is 2.97 bits per heavy atom. The number of amides is 1. The summed E-state index contributed by atoms with van der Waals surface area (Å²) < 4.78 is 12.6. The van der Waals surface area contributed by atoms with E-state index in [9.17, 15) is 4.79 Å². The minimum absolute atomic E-state index is 0.136. The van der Waals surface area contributed by atoms with Crippen LogP contribution in [-0.4, -0.2) is 50.4 Å². The molecule has 0 N–H and O–H groups in total. The number of pyridine rings is 1. The Morgan fingerprint density at radius 2 is 2.19 bits per heavy atom. The lowest BCUT2D eigenvalue weighted by molar-refractivity contribution is -0.132. The SMILES string of the molecule is CCOc1cc(CCC(=O)N2CCCC(c3nn(C(C)(C)C)c4ncccc34)C2)on1. The van der Waals surface area contributed by atoms with Crippen molar-refractivity contribution in [1.82, 2.24) is 24.8 Å². The second-order valence-corrected chi connectivity index (χ2v) is 9.09. The van der Waals surface area contributed by atoms with Gasteiger partial charge in [-0.15, -0.1) is 0 Å². The van der Waals surface area contributed by atoms with Gasteiger partial charge in [0.1, 0.15) is 5.76 Å². The van der Waals surface area contributed by atoms with E-state index in [4.69, 9.17) is 14.4 Å². The number of nitrogens with zero attached hydrogens (tertiary/aromatic N) is 5. The Hall–Kier alpha value is -2.90. The fourth-order valence-corrected chi connectivity index (χ4v) is 4.19. The monoisotopic (exact) mass is 425 g/mol. The average Bonchev–Trinajstić information content (AvgIpc) is 3.37. The molecule has 31 heavy (non-hydrogen) atoms. The Kier molecular flexibility index (Phi) is 5.98. The largest absolute Gasteiger partial charge is 0.476 e. The van der Waals surface area contributed by atoms with E-state index in [1.165, 1.54) is 0 Å². The van der Waals surface area contributed by atoms with Gasteiger partial charge in [-0.25, -0.2) is 9.67 Å². The van der Waals surface area contributed by atoms with Crippen molar-refractivity contribution in [3.63, 3.8) is 0 Å². The Morgan fingerprint density at radius 1 is 1.35 bits per heavy atom. The van der Waals surface area contributed by atoms with Crippen LogP contribution in [0.1, 0.15) is 64.3 Å². The molecule has 1 aliphatic rings. The first-order valence-corrected chi connectivity index (χ1v) is 11.1. The predicted molar refractivity (Wildman–Crippen MR) is 117 cm³/mol. The van der Waals surface area contributed by atoms with Crippen molar-refractivity contribution in [3.8, 4) is 5.88 Å². The molecule has 0 aliphatic carbocycles. The number of fused-ring (bicyclic) bond motifs is 1. The van der Waals surface area contributed by atoms with Crippen LogP contribution in [0.2, 0.25) is 0 Å². The minimum Gasteiger partial charge on any atom is -0.476 e. The van der Waals surface area contributed by atoms with Crippen LogP contribution in [0.4, 0.5) is 0 Å². The third-order valence-corrected chi connectivity index (χ3v) is 5.68.